The van der Waals surface area contributed by atoms with E-state index in [0.717, 1.165) is 46.0 Å². The molecule has 1 saturated carbocycles. The van der Waals surface area contributed by atoms with Crippen LogP contribution in [0.4, 0.5) is 4.39 Å². The lowest BCUT2D eigenvalue weighted by molar-refractivity contribution is 0.477. The highest BCUT2D eigenvalue weighted by Crippen LogP contribution is 2.35. The molecule has 0 saturated heterocycles. The molecule has 4 heteroatoms. The van der Waals surface area contributed by atoms with Crippen molar-refractivity contribution in [3.8, 4) is 22.4 Å². The summed E-state index contributed by atoms with van der Waals surface area (Å²) in [6.07, 6.45) is 8.34. The number of aromatic amines is 1. The predicted molar refractivity (Wildman–Crippen MR) is 134 cm³/mol. The van der Waals surface area contributed by atoms with Gasteiger partial charge in [0.25, 0.3) is 0 Å². The largest absolute Gasteiger partial charge is 0.357 e. The molecule has 0 amide bonds. The quantitative estimate of drug-likeness (QED) is 0.304. The van der Waals surface area contributed by atoms with Gasteiger partial charge in [-0.25, -0.2) is 9.37 Å². The van der Waals surface area contributed by atoms with Crippen LogP contribution < -0.4 is 0 Å². The average molecular weight is 445 g/mol. The van der Waals surface area contributed by atoms with Crippen molar-refractivity contribution in [2.45, 2.75) is 43.9 Å². The van der Waals surface area contributed by atoms with Gasteiger partial charge in [-0.15, -0.1) is 11.8 Å². The van der Waals surface area contributed by atoms with Gasteiger partial charge in [-0.3, -0.25) is 0 Å². The molecular formula is C28H29FN2S. The number of benzene rings is 2. The number of hydrogen-bond donors (Lipinski definition) is 1. The first-order valence-corrected chi connectivity index (χ1v) is 12.8. The zero-order valence-corrected chi connectivity index (χ0v) is 19.5. The van der Waals surface area contributed by atoms with Crippen molar-refractivity contribution < 1.29 is 4.39 Å². The van der Waals surface area contributed by atoms with Crippen molar-refractivity contribution >= 4 is 22.8 Å². The zero-order valence-electron chi connectivity index (χ0n) is 18.7. The third-order valence-electron chi connectivity index (χ3n) is 6.93. The molecule has 0 bridgehead atoms. The minimum atomic E-state index is -0.283. The fourth-order valence-corrected chi connectivity index (χ4v) is 5.46. The summed E-state index contributed by atoms with van der Waals surface area (Å²) < 4.78 is 14.9. The molecule has 1 N–H and O–H groups in total. The van der Waals surface area contributed by atoms with E-state index in [2.05, 4.69) is 53.5 Å². The molecule has 32 heavy (non-hydrogen) atoms. The monoisotopic (exact) mass is 444 g/mol. The molecule has 2 aromatic heterocycles. The summed E-state index contributed by atoms with van der Waals surface area (Å²) in [7, 11) is 0. The molecule has 0 aliphatic heterocycles. The van der Waals surface area contributed by atoms with Gasteiger partial charge >= 0.3 is 0 Å². The Bertz CT molecular complexity index is 1210. The number of hydrogen-bond acceptors (Lipinski definition) is 2. The number of nitrogens with one attached hydrogen (secondary N) is 1. The number of aromatic nitrogens is 2. The SMILES string of the molecule is CCC1CCC(Cc2cc3nc(-c4ccc(-c5ccc(SC)cc5)cc4)c(F)cc3[nH]2)C1. The van der Waals surface area contributed by atoms with Crippen molar-refractivity contribution in [1.29, 1.82) is 0 Å². The van der Waals surface area contributed by atoms with Gasteiger partial charge in [0, 0.05) is 22.2 Å². The van der Waals surface area contributed by atoms with Crippen LogP contribution in [0.3, 0.4) is 0 Å². The topological polar surface area (TPSA) is 28.7 Å². The average Bonchev–Trinajstić information content (AvgIpc) is 3.44. The summed E-state index contributed by atoms with van der Waals surface area (Å²) in [4.78, 5) is 9.34. The summed E-state index contributed by atoms with van der Waals surface area (Å²) in [6.45, 7) is 2.29. The number of H-pyrrole nitrogens is 1. The van der Waals surface area contributed by atoms with Crippen LogP contribution in [-0.2, 0) is 6.42 Å². The minimum absolute atomic E-state index is 0.283. The molecule has 0 radical (unpaired) electrons. The molecule has 1 aliphatic rings. The maximum Gasteiger partial charge on any atom is 0.151 e. The van der Waals surface area contributed by atoms with Crippen molar-refractivity contribution in [2.75, 3.05) is 6.26 Å². The Labute approximate surface area is 193 Å². The third-order valence-corrected chi connectivity index (χ3v) is 7.67. The lowest BCUT2D eigenvalue weighted by Crippen LogP contribution is -2.00. The maximum absolute atomic E-state index is 14.9. The van der Waals surface area contributed by atoms with Crippen LogP contribution in [0.1, 0.15) is 38.3 Å². The normalized spacial score (nSPS) is 18.5. The van der Waals surface area contributed by atoms with Crippen LogP contribution >= 0.6 is 11.8 Å². The summed E-state index contributed by atoms with van der Waals surface area (Å²) in [5, 5.41) is 0. The Kier molecular flexibility index (Phi) is 6.05. The van der Waals surface area contributed by atoms with E-state index in [-0.39, 0.29) is 5.82 Å². The number of pyridine rings is 1. The Hall–Kier alpha value is -2.59. The standard InChI is InChI=1S/C28H29FN2S/c1-3-18-4-5-19(14-18)15-23-16-26-27(30-23)17-25(29)28(31-26)22-8-6-20(7-9-22)21-10-12-24(32-2)13-11-21/h6-13,16-19,30H,3-5,14-15H2,1-2H3. The lowest BCUT2D eigenvalue weighted by Gasteiger charge is -2.08. The Morgan fingerprint density at radius 2 is 1.59 bits per heavy atom. The fraction of sp³-hybridized carbons (Fsp3) is 0.321. The van der Waals surface area contributed by atoms with Crippen molar-refractivity contribution in [3.05, 3.63) is 72.2 Å². The third kappa shape index (κ3) is 4.33. The molecule has 0 spiro atoms. The molecule has 2 heterocycles. The second-order valence-electron chi connectivity index (χ2n) is 9.01. The highest BCUT2D eigenvalue weighted by molar-refractivity contribution is 7.98. The van der Waals surface area contributed by atoms with Gasteiger partial charge in [0.15, 0.2) is 5.82 Å². The smallest absolute Gasteiger partial charge is 0.151 e. The number of nitrogens with zero attached hydrogens (tertiary/aromatic N) is 1. The predicted octanol–water partition coefficient (Wildman–Crippen LogP) is 8.13. The van der Waals surface area contributed by atoms with Gasteiger partial charge in [0.1, 0.15) is 5.69 Å². The lowest BCUT2D eigenvalue weighted by atomic mass is 9.99. The second-order valence-corrected chi connectivity index (χ2v) is 9.89. The van der Waals surface area contributed by atoms with Gasteiger partial charge in [-0.05, 0) is 66.7 Å². The van der Waals surface area contributed by atoms with E-state index in [4.69, 9.17) is 0 Å². The van der Waals surface area contributed by atoms with Crippen LogP contribution in [0.25, 0.3) is 33.4 Å². The van der Waals surface area contributed by atoms with Crippen molar-refractivity contribution in [1.82, 2.24) is 9.97 Å². The Balaban J connectivity index is 1.38. The van der Waals surface area contributed by atoms with Crippen LogP contribution in [-0.4, -0.2) is 16.2 Å². The van der Waals surface area contributed by atoms with Crippen molar-refractivity contribution in [2.24, 2.45) is 11.8 Å². The van der Waals surface area contributed by atoms with E-state index in [1.165, 1.54) is 36.3 Å². The van der Waals surface area contributed by atoms with Crippen LogP contribution in [0, 0.1) is 17.7 Å². The first kappa shape index (κ1) is 21.3. The molecule has 2 nitrogen and oxygen atoms in total. The maximum atomic E-state index is 14.9. The fourth-order valence-electron chi connectivity index (χ4n) is 5.05. The molecule has 164 valence electrons. The Morgan fingerprint density at radius 1 is 0.938 bits per heavy atom. The zero-order chi connectivity index (χ0) is 22.1. The van der Waals surface area contributed by atoms with E-state index in [0.29, 0.717) is 5.69 Å². The number of rotatable bonds is 6. The van der Waals surface area contributed by atoms with E-state index >= 15 is 0 Å². The molecule has 5 rings (SSSR count). The molecule has 2 unspecified atom stereocenters. The molecule has 1 fully saturated rings. The van der Waals surface area contributed by atoms with Crippen LogP contribution in [0.5, 0.6) is 0 Å². The van der Waals surface area contributed by atoms with E-state index in [9.17, 15) is 4.39 Å². The number of thioether (sulfide) groups is 1. The summed E-state index contributed by atoms with van der Waals surface area (Å²) in [5.41, 5.74) is 6.31. The molecule has 2 atom stereocenters. The van der Waals surface area contributed by atoms with E-state index in [1.54, 1.807) is 17.8 Å². The van der Waals surface area contributed by atoms with Gasteiger partial charge < -0.3 is 4.98 Å². The summed E-state index contributed by atoms with van der Waals surface area (Å²) in [6, 6.07) is 20.2. The van der Waals surface area contributed by atoms with Gasteiger partial charge in [0.2, 0.25) is 0 Å². The van der Waals surface area contributed by atoms with Gasteiger partial charge in [-0.2, -0.15) is 0 Å². The van der Waals surface area contributed by atoms with Gasteiger partial charge in [0.05, 0.1) is 11.0 Å². The van der Waals surface area contributed by atoms with E-state index in [1.807, 2.05) is 24.3 Å². The summed E-state index contributed by atoms with van der Waals surface area (Å²) in [5.74, 6) is 1.32. The minimum Gasteiger partial charge on any atom is -0.357 e. The first-order chi connectivity index (χ1) is 15.6. The molecular weight excluding hydrogens is 415 g/mol. The number of halogens is 1. The second kappa shape index (κ2) is 9.11. The van der Waals surface area contributed by atoms with Crippen LogP contribution in [0.15, 0.2) is 65.6 Å². The molecule has 1 aliphatic carbocycles. The highest BCUT2D eigenvalue weighted by atomic mass is 32.2. The van der Waals surface area contributed by atoms with E-state index < -0.39 is 0 Å². The van der Waals surface area contributed by atoms with Crippen LogP contribution in [0.2, 0.25) is 0 Å². The first-order valence-electron chi connectivity index (χ1n) is 11.6. The highest BCUT2D eigenvalue weighted by Gasteiger charge is 2.24. The summed E-state index contributed by atoms with van der Waals surface area (Å²) >= 11 is 1.73. The Morgan fingerprint density at radius 3 is 2.25 bits per heavy atom. The van der Waals surface area contributed by atoms with Crippen molar-refractivity contribution in [3.63, 3.8) is 0 Å². The molecule has 4 aromatic rings. The van der Waals surface area contributed by atoms with Gasteiger partial charge in [-0.1, -0.05) is 56.2 Å². The molecule has 2 aromatic carbocycles. The number of fused-ring (bicyclic) bond motifs is 1.